The first kappa shape index (κ1) is 11.5. The molecule has 2 aromatic carbocycles. The van der Waals surface area contributed by atoms with Crippen molar-refractivity contribution in [1.29, 1.82) is 0 Å². The van der Waals surface area contributed by atoms with Gasteiger partial charge in [0.2, 0.25) is 0 Å². The van der Waals surface area contributed by atoms with Gasteiger partial charge in [0.15, 0.2) is 0 Å². The zero-order chi connectivity index (χ0) is 11.4. The molecule has 76 valence electrons. The second-order valence-electron chi connectivity index (χ2n) is 4.42. The molecule has 0 aromatic heterocycles. The van der Waals surface area contributed by atoms with Gasteiger partial charge in [0.25, 0.3) is 0 Å². The SMILES string of the molecule is [Li][C](CC)(c1ccccc1)c1ccccc1. The third kappa shape index (κ3) is 2.09. The van der Waals surface area contributed by atoms with Gasteiger partial charge in [0.05, 0.1) is 0 Å². The summed E-state index contributed by atoms with van der Waals surface area (Å²) in [6, 6.07) is 21.5. The van der Waals surface area contributed by atoms with E-state index in [1.807, 2.05) is 0 Å². The summed E-state index contributed by atoms with van der Waals surface area (Å²) in [7, 11) is 0. The second-order valence-corrected chi connectivity index (χ2v) is 4.42. The van der Waals surface area contributed by atoms with Gasteiger partial charge in [0.1, 0.15) is 0 Å². The molecule has 0 amide bonds. The monoisotopic (exact) mass is 202 g/mol. The zero-order valence-corrected chi connectivity index (χ0v) is 9.98. The van der Waals surface area contributed by atoms with Crippen molar-refractivity contribution in [2.24, 2.45) is 0 Å². The molecule has 0 atom stereocenters. The average molecular weight is 202 g/mol. The van der Waals surface area contributed by atoms with Crippen LogP contribution in [0.25, 0.3) is 0 Å². The molecule has 0 heterocycles. The van der Waals surface area contributed by atoms with Crippen LogP contribution in [0, 0.1) is 0 Å². The molecule has 0 saturated carbocycles. The summed E-state index contributed by atoms with van der Waals surface area (Å²) in [5.74, 6) is 0. The molecule has 0 fully saturated rings. The molecular formula is C15H15Li. The Morgan fingerprint density at radius 1 is 0.812 bits per heavy atom. The van der Waals surface area contributed by atoms with Gasteiger partial charge < -0.3 is 0 Å². The van der Waals surface area contributed by atoms with Gasteiger partial charge in [0, 0.05) is 0 Å². The van der Waals surface area contributed by atoms with Gasteiger partial charge in [-0.25, -0.2) is 0 Å². The molecule has 2 aromatic rings. The molecule has 0 N–H and O–H groups in total. The van der Waals surface area contributed by atoms with Crippen molar-refractivity contribution in [2.45, 2.75) is 17.4 Å². The quantitative estimate of drug-likeness (QED) is 0.668. The fraction of sp³-hybridized carbons (Fsp3) is 0.200. The van der Waals surface area contributed by atoms with Gasteiger partial charge in [-0.05, 0) is 0 Å². The van der Waals surface area contributed by atoms with Crippen molar-refractivity contribution < 1.29 is 0 Å². The van der Waals surface area contributed by atoms with Gasteiger partial charge in [-0.1, -0.05) is 0 Å². The molecule has 1 heteroatoms. The van der Waals surface area contributed by atoms with Crippen LogP contribution in [0.15, 0.2) is 60.7 Å². The Kier molecular flexibility index (Phi) is 3.54. The van der Waals surface area contributed by atoms with Gasteiger partial charge >= 0.3 is 107 Å². The number of hydrogen-bond donors (Lipinski definition) is 0. The van der Waals surface area contributed by atoms with E-state index in [1.165, 1.54) is 11.1 Å². The van der Waals surface area contributed by atoms with Gasteiger partial charge in [-0.2, -0.15) is 0 Å². The maximum atomic E-state index is 2.32. The molecule has 0 saturated heterocycles. The van der Waals surface area contributed by atoms with Crippen LogP contribution in [0.1, 0.15) is 24.5 Å². The third-order valence-electron chi connectivity index (χ3n) is 3.53. The normalized spacial score (nSPS) is 11.4. The molecule has 16 heavy (non-hydrogen) atoms. The summed E-state index contributed by atoms with van der Waals surface area (Å²) in [5, 5.41) is 0. The molecule has 0 aliphatic rings. The van der Waals surface area contributed by atoms with E-state index in [0.717, 1.165) is 6.42 Å². The molecule has 0 spiro atoms. The Balaban J connectivity index is 2.49. The van der Waals surface area contributed by atoms with Crippen LogP contribution in [0.4, 0.5) is 0 Å². The molecule has 0 unspecified atom stereocenters. The molecule has 0 aliphatic carbocycles. The maximum absolute atomic E-state index is 2.32. The third-order valence-corrected chi connectivity index (χ3v) is 3.53. The van der Waals surface area contributed by atoms with E-state index in [9.17, 15) is 0 Å². The molecule has 2 rings (SSSR count). The summed E-state index contributed by atoms with van der Waals surface area (Å²) in [5.41, 5.74) is 2.78. The minimum absolute atomic E-state index is 0.127. The Morgan fingerprint density at radius 3 is 1.50 bits per heavy atom. The molecule has 0 nitrogen and oxygen atoms in total. The second kappa shape index (κ2) is 4.91. The summed E-state index contributed by atoms with van der Waals surface area (Å²) < 4.78 is 0.127. The first-order valence-electron chi connectivity index (χ1n) is 5.88. The summed E-state index contributed by atoms with van der Waals surface area (Å²) in [6.45, 7) is 2.25. The zero-order valence-electron chi connectivity index (χ0n) is 9.98. The van der Waals surface area contributed by atoms with Crippen LogP contribution in [0.5, 0.6) is 0 Å². The minimum atomic E-state index is 0.127. The Bertz CT molecular complexity index is 394. The van der Waals surface area contributed by atoms with Crippen LogP contribution < -0.4 is 0 Å². The van der Waals surface area contributed by atoms with Crippen molar-refractivity contribution in [3.8, 4) is 0 Å². The predicted molar refractivity (Wildman–Crippen MR) is 69.7 cm³/mol. The van der Waals surface area contributed by atoms with E-state index in [2.05, 4.69) is 85.3 Å². The fourth-order valence-electron chi connectivity index (χ4n) is 2.19. The van der Waals surface area contributed by atoms with Crippen molar-refractivity contribution in [2.75, 3.05) is 0 Å². The van der Waals surface area contributed by atoms with E-state index in [0.29, 0.717) is 0 Å². The molecular weight excluding hydrogens is 187 g/mol. The standard InChI is InChI=1S/C15H15.Li/c1-2-15(13-9-5-3-6-10-13)14-11-7-4-8-12-14;/h3-12H,2H2,1H3;. The average Bonchev–Trinajstić information content (AvgIpc) is 2.40. The summed E-state index contributed by atoms with van der Waals surface area (Å²) >= 11 is 2.32. The van der Waals surface area contributed by atoms with E-state index >= 15 is 0 Å². The van der Waals surface area contributed by atoms with Crippen molar-refractivity contribution in [3.63, 3.8) is 0 Å². The van der Waals surface area contributed by atoms with E-state index in [-0.39, 0.29) is 4.09 Å². The van der Waals surface area contributed by atoms with Crippen LogP contribution in [0.2, 0.25) is 0 Å². The van der Waals surface area contributed by atoms with Gasteiger partial charge in [-0.3, -0.25) is 0 Å². The van der Waals surface area contributed by atoms with Crippen molar-refractivity contribution in [1.82, 2.24) is 0 Å². The first-order chi connectivity index (χ1) is 7.77. The Morgan fingerprint density at radius 2 is 1.19 bits per heavy atom. The van der Waals surface area contributed by atoms with Crippen molar-refractivity contribution >= 4 is 17.7 Å². The van der Waals surface area contributed by atoms with Crippen LogP contribution in [0.3, 0.4) is 0 Å². The molecule has 0 aliphatic heterocycles. The fourth-order valence-corrected chi connectivity index (χ4v) is 2.19. The Hall–Kier alpha value is -0.963. The van der Waals surface area contributed by atoms with E-state index in [1.54, 1.807) is 0 Å². The Labute approximate surface area is 107 Å². The van der Waals surface area contributed by atoms with Crippen molar-refractivity contribution in [3.05, 3.63) is 71.8 Å². The van der Waals surface area contributed by atoms with Crippen LogP contribution >= 0.6 is 0 Å². The van der Waals surface area contributed by atoms with E-state index in [4.69, 9.17) is 0 Å². The number of hydrogen-bond acceptors (Lipinski definition) is 0. The van der Waals surface area contributed by atoms with E-state index < -0.39 is 0 Å². The predicted octanol–water partition coefficient (Wildman–Crippen LogP) is 3.51. The molecule has 0 radical (unpaired) electrons. The summed E-state index contributed by atoms with van der Waals surface area (Å²) in [6.07, 6.45) is 1.11. The molecule has 0 bridgehead atoms. The van der Waals surface area contributed by atoms with Gasteiger partial charge in [-0.15, -0.1) is 0 Å². The van der Waals surface area contributed by atoms with Crippen LogP contribution in [-0.4, -0.2) is 17.7 Å². The number of rotatable bonds is 3. The first-order valence-corrected chi connectivity index (χ1v) is 5.88. The topological polar surface area (TPSA) is 0 Å². The number of benzene rings is 2. The summed E-state index contributed by atoms with van der Waals surface area (Å²) in [4.78, 5) is 0. The van der Waals surface area contributed by atoms with Crippen LogP contribution in [-0.2, 0) is 4.09 Å².